The Morgan fingerprint density at radius 2 is 2.26 bits per heavy atom. The highest BCUT2D eigenvalue weighted by molar-refractivity contribution is 9.10. The second-order valence-electron chi connectivity index (χ2n) is 4.24. The molecule has 2 aromatic heterocycles. The molecule has 0 atom stereocenters. The van der Waals surface area contributed by atoms with Crippen molar-refractivity contribution in [3.05, 3.63) is 34.8 Å². The van der Waals surface area contributed by atoms with Crippen LogP contribution in [0, 0.1) is 0 Å². The zero-order chi connectivity index (χ0) is 13.8. The molecule has 0 spiro atoms. The number of aryl methyl sites for hydroxylation is 1. The first-order valence-corrected chi connectivity index (χ1v) is 6.82. The molecular weight excluding hydrogens is 310 g/mol. The maximum atomic E-state index is 12.1. The Labute approximate surface area is 120 Å². The Hall–Kier alpha value is -1.63. The van der Waals surface area contributed by atoms with E-state index in [1.165, 1.54) is 0 Å². The van der Waals surface area contributed by atoms with Crippen LogP contribution in [-0.4, -0.2) is 37.4 Å². The van der Waals surface area contributed by atoms with Gasteiger partial charge in [-0.05, 0) is 28.9 Å². The topological polar surface area (TPSA) is 56.0 Å². The molecule has 0 fully saturated rings. The summed E-state index contributed by atoms with van der Waals surface area (Å²) in [4.78, 5) is 13.7. The lowest BCUT2D eigenvalue weighted by Gasteiger charge is -2.17. The fourth-order valence-electron chi connectivity index (χ4n) is 1.79. The van der Waals surface area contributed by atoms with Gasteiger partial charge in [-0.1, -0.05) is 0 Å². The molecule has 0 radical (unpaired) electrons. The fraction of sp³-hybridized carbons (Fsp3) is 0.417. The summed E-state index contributed by atoms with van der Waals surface area (Å²) in [5.74, 6) is 0.0134. The van der Waals surface area contributed by atoms with Crippen molar-refractivity contribution in [2.24, 2.45) is 0 Å². The predicted octanol–water partition coefficient (Wildman–Crippen LogP) is 1.52. The van der Waals surface area contributed by atoms with Gasteiger partial charge in [-0.3, -0.25) is 14.2 Å². The molecule has 2 heterocycles. The average molecular weight is 326 g/mol. The second-order valence-corrected chi connectivity index (χ2v) is 5.16. The SMILES string of the molecule is CCn1nccc1CN(C)C(=O)Cn1cc(Br)cn1. The summed E-state index contributed by atoms with van der Waals surface area (Å²) in [6, 6.07) is 1.93. The Morgan fingerprint density at radius 1 is 1.47 bits per heavy atom. The third-order valence-corrected chi connectivity index (χ3v) is 3.24. The highest BCUT2D eigenvalue weighted by Crippen LogP contribution is 2.07. The molecule has 2 rings (SSSR count). The van der Waals surface area contributed by atoms with Gasteiger partial charge in [-0.15, -0.1) is 0 Å². The molecule has 0 aliphatic rings. The van der Waals surface area contributed by atoms with Crippen LogP contribution in [0.15, 0.2) is 29.1 Å². The molecule has 6 nitrogen and oxygen atoms in total. The van der Waals surface area contributed by atoms with Crippen molar-refractivity contribution in [3.63, 3.8) is 0 Å². The minimum atomic E-state index is 0.0134. The van der Waals surface area contributed by atoms with Crippen LogP contribution in [0.4, 0.5) is 0 Å². The van der Waals surface area contributed by atoms with Gasteiger partial charge in [-0.25, -0.2) is 0 Å². The van der Waals surface area contributed by atoms with Gasteiger partial charge in [0, 0.05) is 26.0 Å². The van der Waals surface area contributed by atoms with Gasteiger partial charge < -0.3 is 4.90 Å². The molecule has 0 aliphatic heterocycles. The van der Waals surface area contributed by atoms with E-state index in [4.69, 9.17) is 0 Å². The average Bonchev–Trinajstić information content (AvgIpc) is 2.98. The molecule has 102 valence electrons. The smallest absolute Gasteiger partial charge is 0.244 e. The minimum Gasteiger partial charge on any atom is -0.338 e. The van der Waals surface area contributed by atoms with Crippen molar-refractivity contribution < 1.29 is 4.79 Å². The number of halogens is 1. The van der Waals surface area contributed by atoms with Crippen LogP contribution in [-0.2, 0) is 24.4 Å². The van der Waals surface area contributed by atoms with E-state index in [9.17, 15) is 4.79 Å². The van der Waals surface area contributed by atoms with E-state index in [0.717, 1.165) is 16.7 Å². The summed E-state index contributed by atoms with van der Waals surface area (Å²) < 4.78 is 4.36. The molecule has 1 amide bonds. The quantitative estimate of drug-likeness (QED) is 0.837. The Bertz CT molecular complexity index is 562. The molecule has 0 saturated carbocycles. The Kier molecular flexibility index (Phi) is 4.36. The third-order valence-electron chi connectivity index (χ3n) is 2.83. The Balaban J connectivity index is 1.96. The number of rotatable bonds is 5. The number of aromatic nitrogens is 4. The standard InChI is InChI=1S/C12H16BrN5O/c1-3-18-11(4-5-14-18)8-16(2)12(19)9-17-7-10(13)6-15-17/h4-7H,3,8-9H2,1-2H3. The molecule has 0 aromatic carbocycles. The minimum absolute atomic E-state index is 0.0134. The van der Waals surface area contributed by atoms with Crippen molar-refractivity contribution in [1.82, 2.24) is 24.5 Å². The zero-order valence-electron chi connectivity index (χ0n) is 11.0. The van der Waals surface area contributed by atoms with Gasteiger partial charge in [0.05, 0.1) is 22.9 Å². The van der Waals surface area contributed by atoms with Gasteiger partial charge in [0.2, 0.25) is 5.91 Å². The molecule has 0 unspecified atom stereocenters. The molecule has 0 aliphatic carbocycles. The van der Waals surface area contributed by atoms with E-state index in [-0.39, 0.29) is 12.5 Å². The summed E-state index contributed by atoms with van der Waals surface area (Å²) in [5.41, 5.74) is 1.03. The van der Waals surface area contributed by atoms with Gasteiger partial charge in [0.15, 0.2) is 0 Å². The number of nitrogens with zero attached hydrogens (tertiary/aromatic N) is 5. The van der Waals surface area contributed by atoms with Crippen LogP contribution in [0.5, 0.6) is 0 Å². The number of amides is 1. The summed E-state index contributed by atoms with van der Waals surface area (Å²) in [7, 11) is 1.79. The second kappa shape index (κ2) is 6.01. The highest BCUT2D eigenvalue weighted by Gasteiger charge is 2.12. The van der Waals surface area contributed by atoms with Gasteiger partial charge >= 0.3 is 0 Å². The lowest BCUT2D eigenvalue weighted by molar-refractivity contribution is -0.131. The largest absolute Gasteiger partial charge is 0.338 e. The lowest BCUT2D eigenvalue weighted by atomic mass is 10.3. The first-order chi connectivity index (χ1) is 9.10. The summed E-state index contributed by atoms with van der Waals surface area (Å²) in [6.07, 6.45) is 5.20. The number of hydrogen-bond donors (Lipinski definition) is 0. The summed E-state index contributed by atoms with van der Waals surface area (Å²) in [5, 5.41) is 8.26. The van der Waals surface area contributed by atoms with Crippen LogP contribution < -0.4 is 0 Å². The first kappa shape index (κ1) is 13.8. The van der Waals surface area contributed by atoms with Gasteiger partial charge in [-0.2, -0.15) is 10.2 Å². The van der Waals surface area contributed by atoms with Crippen molar-refractivity contribution >= 4 is 21.8 Å². The third kappa shape index (κ3) is 3.44. The van der Waals surface area contributed by atoms with Crippen LogP contribution >= 0.6 is 15.9 Å². The number of carbonyl (C=O) groups excluding carboxylic acids is 1. The Morgan fingerprint density at radius 3 is 2.89 bits per heavy atom. The molecule has 0 N–H and O–H groups in total. The summed E-state index contributed by atoms with van der Waals surface area (Å²) >= 11 is 3.31. The first-order valence-electron chi connectivity index (χ1n) is 6.02. The molecule has 0 saturated heterocycles. The van der Waals surface area contributed by atoms with Crippen LogP contribution in [0.2, 0.25) is 0 Å². The maximum absolute atomic E-state index is 12.1. The number of likely N-dealkylation sites (N-methyl/N-ethyl adjacent to an activating group) is 1. The predicted molar refractivity (Wildman–Crippen MR) is 74.3 cm³/mol. The molecule has 19 heavy (non-hydrogen) atoms. The zero-order valence-corrected chi connectivity index (χ0v) is 12.5. The van der Waals surface area contributed by atoms with Crippen molar-refractivity contribution in [2.45, 2.75) is 26.6 Å². The van der Waals surface area contributed by atoms with E-state index in [0.29, 0.717) is 6.54 Å². The van der Waals surface area contributed by atoms with E-state index < -0.39 is 0 Å². The van der Waals surface area contributed by atoms with Gasteiger partial charge in [0.1, 0.15) is 6.54 Å². The van der Waals surface area contributed by atoms with Crippen molar-refractivity contribution in [1.29, 1.82) is 0 Å². The highest BCUT2D eigenvalue weighted by atomic mass is 79.9. The van der Waals surface area contributed by atoms with Gasteiger partial charge in [0.25, 0.3) is 0 Å². The lowest BCUT2D eigenvalue weighted by Crippen LogP contribution is -2.30. The number of hydrogen-bond acceptors (Lipinski definition) is 3. The van der Waals surface area contributed by atoms with Crippen molar-refractivity contribution in [2.75, 3.05) is 7.05 Å². The van der Waals surface area contributed by atoms with Crippen LogP contribution in [0.1, 0.15) is 12.6 Å². The van der Waals surface area contributed by atoms with E-state index in [2.05, 4.69) is 26.1 Å². The fourth-order valence-corrected chi connectivity index (χ4v) is 2.12. The maximum Gasteiger partial charge on any atom is 0.244 e. The van der Waals surface area contributed by atoms with E-state index in [1.807, 2.05) is 17.7 Å². The molecular formula is C12H16BrN5O. The molecule has 2 aromatic rings. The molecule has 0 bridgehead atoms. The van der Waals surface area contributed by atoms with Crippen LogP contribution in [0.3, 0.4) is 0 Å². The van der Waals surface area contributed by atoms with Crippen molar-refractivity contribution in [3.8, 4) is 0 Å². The number of carbonyl (C=O) groups is 1. The molecule has 7 heteroatoms. The normalized spacial score (nSPS) is 10.7. The van der Waals surface area contributed by atoms with E-state index >= 15 is 0 Å². The van der Waals surface area contributed by atoms with Crippen LogP contribution in [0.25, 0.3) is 0 Å². The monoisotopic (exact) mass is 325 g/mol. The summed E-state index contributed by atoms with van der Waals surface area (Å²) in [6.45, 7) is 3.62. The van der Waals surface area contributed by atoms with E-state index in [1.54, 1.807) is 35.2 Å².